The zero-order valence-corrected chi connectivity index (χ0v) is 6.04. The molecule has 0 aliphatic carbocycles. The van der Waals surface area contributed by atoms with Crippen molar-refractivity contribution >= 4 is 0 Å². The summed E-state index contributed by atoms with van der Waals surface area (Å²) in [6.45, 7) is 2.02. The van der Waals surface area contributed by atoms with Gasteiger partial charge in [0.25, 0.3) is 0 Å². The third kappa shape index (κ3) is 1.39. The van der Waals surface area contributed by atoms with Crippen molar-refractivity contribution in [2.24, 2.45) is 0 Å². The standard InChI is InChI=1S/C10H10/c1-3-9(2)10-7-5-4-6-8-10/h1,4-9H,2H3/t9-/m1/s1. The molecule has 1 aromatic rings. The normalized spacial score (nSPS) is 12.0. The molecule has 0 saturated heterocycles. The van der Waals surface area contributed by atoms with Gasteiger partial charge in [-0.2, -0.15) is 0 Å². The highest BCUT2D eigenvalue weighted by molar-refractivity contribution is 5.24. The van der Waals surface area contributed by atoms with Crippen LogP contribution in [0.2, 0.25) is 0 Å². The molecule has 1 aromatic carbocycles. The number of benzene rings is 1. The summed E-state index contributed by atoms with van der Waals surface area (Å²) in [7, 11) is 0. The minimum absolute atomic E-state index is 0.237. The van der Waals surface area contributed by atoms with E-state index in [1.165, 1.54) is 5.56 Å². The van der Waals surface area contributed by atoms with Crippen molar-refractivity contribution in [1.29, 1.82) is 0 Å². The van der Waals surface area contributed by atoms with Gasteiger partial charge in [-0.15, -0.1) is 6.42 Å². The fourth-order valence-electron chi connectivity index (χ4n) is 0.838. The molecule has 0 aliphatic heterocycles. The first-order valence-electron chi connectivity index (χ1n) is 3.35. The van der Waals surface area contributed by atoms with Crippen molar-refractivity contribution in [2.75, 3.05) is 0 Å². The first kappa shape index (κ1) is 6.89. The molecule has 0 amide bonds. The van der Waals surface area contributed by atoms with E-state index in [4.69, 9.17) is 6.42 Å². The van der Waals surface area contributed by atoms with Gasteiger partial charge in [0.05, 0.1) is 0 Å². The molecular weight excluding hydrogens is 120 g/mol. The van der Waals surface area contributed by atoms with E-state index in [9.17, 15) is 0 Å². The van der Waals surface area contributed by atoms with Crippen LogP contribution in [0.1, 0.15) is 18.4 Å². The summed E-state index contributed by atoms with van der Waals surface area (Å²) in [6, 6.07) is 10.1. The lowest BCUT2D eigenvalue weighted by Gasteiger charge is -2.01. The van der Waals surface area contributed by atoms with Gasteiger partial charge in [0.1, 0.15) is 0 Å². The van der Waals surface area contributed by atoms with Crippen LogP contribution in [-0.4, -0.2) is 0 Å². The van der Waals surface area contributed by atoms with Crippen LogP contribution in [0.4, 0.5) is 0 Å². The SMILES string of the molecule is C#C[C@@H](C)c1ccccc1. The molecule has 1 atom stereocenters. The van der Waals surface area contributed by atoms with Gasteiger partial charge in [0, 0.05) is 5.92 Å². The van der Waals surface area contributed by atoms with Crippen molar-refractivity contribution in [3.05, 3.63) is 35.9 Å². The Hall–Kier alpha value is -1.22. The van der Waals surface area contributed by atoms with E-state index in [-0.39, 0.29) is 5.92 Å². The molecule has 1 rings (SSSR count). The Morgan fingerprint density at radius 3 is 2.40 bits per heavy atom. The Morgan fingerprint density at radius 2 is 1.90 bits per heavy atom. The van der Waals surface area contributed by atoms with E-state index in [0.717, 1.165) is 0 Å². The van der Waals surface area contributed by atoms with Gasteiger partial charge in [0.2, 0.25) is 0 Å². The molecule has 0 radical (unpaired) electrons. The molecule has 0 nitrogen and oxygen atoms in total. The molecule has 0 aliphatic rings. The topological polar surface area (TPSA) is 0 Å². The summed E-state index contributed by atoms with van der Waals surface area (Å²) in [4.78, 5) is 0. The van der Waals surface area contributed by atoms with E-state index >= 15 is 0 Å². The van der Waals surface area contributed by atoms with Gasteiger partial charge < -0.3 is 0 Å². The zero-order chi connectivity index (χ0) is 7.40. The molecule has 0 fully saturated rings. The molecule has 0 heteroatoms. The van der Waals surface area contributed by atoms with Gasteiger partial charge in [-0.05, 0) is 12.5 Å². The molecular formula is C10H10. The number of hydrogen-bond acceptors (Lipinski definition) is 0. The van der Waals surface area contributed by atoms with Crippen molar-refractivity contribution in [2.45, 2.75) is 12.8 Å². The third-order valence-electron chi connectivity index (χ3n) is 1.55. The molecule has 0 saturated carbocycles. The number of hydrogen-bond donors (Lipinski definition) is 0. The molecule has 0 heterocycles. The highest BCUT2D eigenvalue weighted by atomic mass is 14.0. The van der Waals surface area contributed by atoms with E-state index < -0.39 is 0 Å². The molecule has 0 N–H and O–H groups in total. The maximum absolute atomic E-state index is 5.25. The Bertz CT molecular complexity index is 228. The highest BCUT2D eigenvalue weighted by Crippen LogP contribution is 2.11. The summed E-state index contributed by atoms with van der Waals surface area (Å²) >= 11 is 0. The average Bonchev–Trinajstić information content (AvgIpc) is 2.05. The van der Waals surface area contributed by atoms with Gasteiger partial charge >= 0.3 is 0 Å². The Morgan fingerprint density at radius 1 is 1.30 bits per heavy atom. The lowest BCUT2D eigenvalue weighted by molar-refractivity contribution is 1.01. The van der Waals surface area contributed by atoms with Crippen LogP contribution < -0.4 is 0 Å². The molecule has 10 heavy (non-hydrogen) atoms. The van der Waals surface area contributed by atoms with Crippen LogP contribution >= 0.6 is 0 Å². The van der Waals surface area contributed by atoms with Gasteiger partial charge in [0.15, 0.2) is 0 Å². The smallest absolute Gasteiger partial charge is 0.0421 e. The van der Waals surface area contributed by atoms with Crippen LogP contribution in [0, 0.1) is 12.3 Å². The second-order valence-corrected chi connectivity index (χ2v) is 2.30. The van der Waals surface area contributed by atoms with Crippen LogP contribution in [0.5, 0.6) is 0 Å². The van der Waals surface area contributed by atoms with Crippen LogP contribution in [0.15, 0.2) is 30.3 Å². The molecule has 0 spiro atoms. The minimum Gasteiger partial charge on any atom is -0.119 e. The quantitative estimate of drug-likeness (QED) is 0.512. The third-order valence-corrected chi connectivity index (χ3v) is 1.55. The maximum Gasteiger partial charge on any atom is 0.0421 e. The largest absolute Gasteiger partial charge is 0.119 e. The van der Waals surface area contributed by atoms with Crippen molar-refractivity contribution in [1.82, 2.24) is 0 Å². The van der Waals surface area contributed by atoms with Crippen LogP contribution in [-0.2, 0) is 0 Å². The van der Waals surface area contributed by atoms with E-state index in [1.807, 2.05) is 37.3 Å². The molecule has 50 valence electrons. The summed E-state index contributed by atoms with van der Waals surface area (Å²) in [5, 5.41) is 0. The number of terminal acetylenes is 1. The Kier molecular flexibility index (Phi) is 2.12. The van der Waals surface area contributed by atoms with Crippen molar-refractivity contribution in [3.63, 3.8) is 0 Å². The molecule has 0 unspecified atom stereocenters. The second-order valence-electron chi connectivity index (χ2n) is 2.30. The minimum atomic E-state index is 0.237. The lowest BCUT2D eigenvalue weighted by Crippen LogP contribution is -1.86. The average molecular weight is 130 g/mol. The molecule has 0 aromatic heterocycles. The van der Waals surface area contributed by atoms with Gasteiger partial charge in [-0.3, -0.25) is 0 Å². The fraction of sp³-hybridized carbons (Fsp3) is 0.200. The summed E-state index contributed by atoms with van der Waals surface area (Å²) in [5.41, 5.74) is 1.21. The van der Waals surface area contributed by atoms with Gasteiger partial charge in [-0.25, -0.2) is 0 Å². The monoisotopic (exact) mass is 130 g/mol. The summed E-state index contributed by atoms with van der Waals surface area (Å²) < 4.78 is 0. The Balaban J connectivity index is 2.88. The predicted octanol–water partition coefficient (Wildman–Crippen LogP) is 2.42. The molecule has 0 bridgehead atoms. The second kappa shape index (κ2) is 3.08. The zero-order valence-electron chi connectivity index (χ0n) is 6.04. The highest BCUT2D eigenvalue weighted by Gasteiger charge is 1.96. The summed E-state index contributed by atoms with van der Waals surface area (Å²) in [6.07, 6.45) is 5.25. The Labute approximate surface area is 61.9 Å². The van der Waals surface area contributed by atoms with Crippen molar-refractivity contribution in [3.8, 4) is 12.3 Å². The lowest BCUT2D eigenvalue weighted by atomic mass is 10.0. The maximum atomic E-state index is 5.25. The van der Waals surface area contributed by atoms with Crippen LogP contribution in [0.3, 0.4) is 0 Å². The first-order valence-corrected chi connectivity index (χ1v) is 3.35. The van der Waals surface area contributed by atoms with E-state index in [1.54, 1.807) is 0 Å². The van der Waals surface area contributed by atoms with Gasteiger partial charge in [-0.1, -0.05) is 36.3 Å². The predicted molar refractivity (Wildman–Crippen MR) is 43.7 cm³/mol. The van der Waals surface area contributed by atoms with Crippen LogP contribution in [0.25, 0.3) is 0 Å². The number of rotatable bonds is 1. The first-order chi connectivity index (χ1) is 4.84. The summed E-state index contributed by atoms with van der Waals surface area (Å²) in [5.74, 6) is 2.92. The van der Waals surface area contributed by atoms with E-state index in [0.29, 0.717) is 0 Å². The fourth-order valence-corrected chi connectivity index (χ4v) is 0.838. The van der Waals surface area contributed by atoms with Crippen molar-refractivity contribution < 1.29 is 0 Å². The van der Waals surface area contributed by atoms with E-state index in [2.05, 4.69) is 5.92 Å².